The van der Waals surface area contributed by atoms with Crippen LogP contribution in [0, 0.1) is 0 Å². The predicted octanol–water partition coefficient (Wildman–Crippen LogP) is 2.22. The average Bonchev–Trinajstić information content (AvgIpc) is 2.28. The second kappa shape index (κ2) is 7.01. The molecule has 1 aromatic carbocycles. The quantitative estimate of drug-likeness (QED) is 0.522. The van der Waals surface area contributed by atoms with Gasteiger partial charge in [0, 0.05) is 5.56 Å². The zero-order chi connectivity index (χ0) is 11.8. The zero-order valence-corrected chi connectivity index (χ0v) is 9.98. The Morgan fingerprint density at radius 3 is 2.81 bits per heavy atom. The molecule has 0 amide bonds. The molecule has 0 atom stereocenters. The van der Waals surface area contributed by atoms with Crippen LogP contribution < -0.4 is 4.74 Å². The summed E-state index contributed by atoms with van der Waals surface area (Å²) in [7, 11) is 4.13. The molecule has 88 valence electrons. The molecule has 0 unspecified atom stereocenters. The Balaban J connectivity index is 2.23. The molecule has 0 bridgehead atoms. The zero-order valence-electron chi connectivity index (χ0n) is 9.98. The summed E-state index contributed by atoms with van der Waals surface area (Å²) in [4.78, 5) is 12.7. The molecule has 0 radical (unpaired) electrons. The highest BCUT2D eigenvalue weighted by Gasteiger charge is 1.96. The maximum Gasteiger partial charge on any atom is 0.150 e. The topological polar surface area (TPSA) is 29.5 Å². The minimum atomic E-state index is 0.658. The Bertz CT molecular complexity index is 323. The maximum atomic E-state index is 10.5. The molecule has 3 nitrogen and oxygen atoms in total. The average molecular weight is 221 g/mol. The summed E-state index contributed by atoms with van der Waals surface area (Å²) in [5.41, 5.74) is 0.658. The third-order valence-corrected chi connectivity index (χ3v) is 2.26. The number of unbranched alkanes of at least 4 members (excludes halogenated alkanes) is 1. The molecule has 0 N–H and O–H groups in total. The largest absolute Gasteiger partial charge is 0.494 e. The van der Waals surface area contributed by atoms with Gasteiger partial charge in [0.05, 0.1) is 6.61 Å². The highest BCUT2D eigenvalue weighted by atomic mass is 16.5. The standard InChI is InChI=1S/C13H19NO2/c1-14(2)8-3-4-9-16-13-7-5-6-12(10-13)11-15/h5-7,10-11H,3-4,8-9H2,1-2H3. The predicted molar refractivity (Wildman–Crippen MR) is 65.1 cm³/mol. The molecule has 1 aromatic rings. The second-order valence-electron chi connectivity index (χ2n) is 4.05. The Kier molecular flexibility index (Phi) is 5.57. The fourth-order valence-electron chi connectivity index (χ4n) is 1.40. The molecule has 16 heavy (non-hydrogen) atoms. The Hall–Kier alpha value is -1.35. The summed E-state index contributed by atoms with van der Waals surface area (Å²) in [6.07, 6.45) is 2.99. The van der Waals surface area contributed by atoms with Gasteiger partial charge in [-0.3, -0.25) is 4.79 Å². The lowest BCUT2D eigenvalue weighted by Crippen LogP contribution is -2.13. The first-order valence-electron chi connectivity index (χ1n) is 5.55. The fourth-order valence-corrected chi connectivity index (χ4v) is 1.40. The number of carbonyl (C=O) groups is 1. The summed E-state index contributed by atoms with van der Waals surface area (Å²) < 4.78 is 5.55. The molecule has 3 heteroatoms. The first-order valence-corrected chi connectivity index (χ1v) is 5.55. The molecule has 0 aliphatic carbocycles. The molecule has 0 aliphatic rings. The molecular weight excluding hydrogens is 202 g/mol. The normalized spacial score (nSPS) is 10.4. The Morgan fingerprint density at radius 1 is 1.31 bits per heavy atom. The second-order valence-corrected chi connectivity index (χ2v) is 4.05. The van der Waals surface area contributed by atoms with Gasteiger partial charge in [0.2, 0.25) is 0 Å². The fraction of sp³-hybridized carbons (Fsp3) is 0.462. The molecule has 0 saturated carbocycles. The van der Waals surface area contributed by atoms with E-state index in [9.17, 15) is 4.79 Å². The van der Waals surface area contributed by atoms with Crippen molar-refractivity contribution in [1.82, 2.24) is 4.90 Å². The van der Waals surface area contributed by atoms with E-state index < -0.39 is 0 Å². The van der Waals surface area contributed by atoms with Crippen LogP contribution in [0.3, 0.4) is 0 Å². The number of aldehydes is 1. The Morgan fingerprint density at radius 2 is 2.12 bits per heavy atom. The lowest BCUT2D eigenvalue weighted by atomic mass is 10.2. The van der Waals surface area contributed by atoms with Gasteiger partial charge >= 0.3 is 0 Å². The molecule has 0 heterocycles. The van der Waals surface area contributed by atoms with Gasteiger partial charge in [0.25, 0.3) is 0 Å². The summed E-state index contributed by atoms with van der Waals surface area (Å²) in [5.74, 6) is 0.773. The van der Waals surface area contributed by atoms with Crippen LogP contribution in [-0.4, -0.2) is 38.4 Å². The van der Waals surface area contributed by atoms with E-state index in [4.69, 9.17) is 4.74 Å². The van der Waals surface area contributed by atoms with Gasteiger partial charge in [-0.1, -0.05) is 12.1 Å². The van der Waals surface area contributed by atoms with E-state index in [2.05, 4.69) is 19.0 Å². The minimum absolute atomic E-state index is 0.658. The summed E-state index contributed by atoms with van der Waals surface area (Å²) >= 11 is 0. The number of ether oxygens (including phenoxy) is 1. The van der Waals surface area contributed by atoms with Gasteiger partial charge in [0.1, 0.15) is 12.0 Å². The molecule has 1 rings (SSSR count). The van der Waals surface area contributed by atoms with E-state index in [1.165, 1.54) is 0 Å². The monoisotopic (exact) mass is 221 g/mol. The van der Waals surface area contributed by atoms with E-state index in [1.807, 2.05) is 12.1 Å². The van der Waals surface area contributed by atoms with E-state index in [0.29, 0.717) is 12.2 Å². The van der Waals surface area contributed by atoms with Gasteiger partial charge in [0.15, 0.2) is 0 Å². The van der Waals surface area contributed by atoms with Gasteiger partial charge in [-0.25, -0.2) is 0 Å². The van der Waals surface area contributed by atoms with Crippen molar-refractivity contribution < 1.29 is 9.53 Å². The van der Waals surface area contributed by atoms with Crippen LogP contribution in [0.25, 0.3) is 0 Å². The van der Waals surface area contributed by atoms with Crippen LogP contribution in [0.15, 0.2) is 24.3 Å². The van der Waals surface area contributed by atoms with Crippen LogP contribution in [0.2, 0.25) is 0 Å². The van der Waals surface area contributed by atoms with E-state index >= 15 is 0 Å². The van der Waals surface area contributed by atoms with Crippen molar-refractivity contribution in [2.75, 3.05) is 27.2 Å². The van der Waals surface area contributed by atoms with E-state index in [-0.39, 0.29) is 0 Å². The number of benzene rings is 1. The molecule has 0 aromatic heterocycles. The molecule has 0 fully saturated rings. The smallest absolute Gasteiger partial charge is 0.150 e. The summed E-state index contributed by atoms with van der Waals surface area (Å²) in [6, 6.07) is 7.24. The van der Waals surface area contributed by atoms with Crippen LogP contribution in [0.1, 0.15) is 23.2 Å². The number of hydrogen-bond acceptors (Lipinski definition) is 3. The van der Waals surface area contributed by atoms with Crippen LogP contribution in [0.5, 0.6) is 5.75 Å². The number of carbonyl (C=O) groups excluding carboxylic acids is 1. The van der Waals surface area contributed by atoms with Crippen molar-refractivity contribution in [3.8, 4) is 5.75 Å². The van der Waals surface area contributed by atoms with Gasteiger partial charge in [-0.2, -0.15) is 0 Å². The first-order chi connectivity index (χ1) is 7.72. The lowest BCUT2D eigenvalue weighted by molar-refractivity contribution is 0.112. The van der Waals surface area contributed by atoms with E-state index in [1.54, 1.807) is 12.1 Å². The van der Waals surface area contributed by atoms with Crippen molar-refractivity contribution in [3.63, 3.8) is 0 Å². The Labute approximate surface area is 97.0 Å². The van der Waals surface area contributed by atoms with Crippen LogP contribution in [0.4, 0.5) is 0 Å². The number of nitrogens with zero attached hydrogens (tertiary/aromatic N) is 1. The van der Waals surface area contributed by atoms with Crippen molar-refractivity contribution in [1.29, 1.82) is 0 Å². The van der Waals surface area contributed by atoms with Crippen molar-refractivity contribution in [3.05, 3.63) is 29.8 Å². The van der Waals surface area contributed by atoms with Crippen LogP contribution in [-0.2, 0) is 0 Å². The number of hydrogen-bond donors (Lipinski definition) is 0. The highest BCUT2D eigenvalue weighted by Crippen LogP contribution is 2.12. The SMILES string of the molecule is CN(C)CCCCOc1cccc(C=O)c1. The minimum Gasteiger partial charge on any atom is -0.494 e. The number of rotatable bonds is 7. The molecule has 0 aliphatic heterocycles. The third kappa shape index (κ3) is 4.94. The molecule has 0 spiro atoms. The van der Waals surface area contributed by atoms with Gasteiger partial charge in [-0.05, 0) is 45.6 Å². The van der Waals surface area contributed by atoms with Crippen molar-refractivity contribution in [2.45, 2.75) is 12.8 Å². The summed E-state index contributed by atoms with van der Waals surface area (Å²) in [6.45, 7) is 1.79. The lowest BCUT2D eigenvalue weighted by Gasteiger charge is -2.09. The van der Waals surface area contributed by atoms with Crippen molar-refractivity contribution >= 4 is 6.29 Å². The molecule has 0 saturated heterocycles. The van der Waals surface area contributed by atoms with Gasteiger partial charge < -0.3 is 9.64 Å². The van der Waals surface area contributed by atoms with Crippen molar-refractivity contribution in [2.24, 2.45) is 0 Å². The summed E-state index contributed by atoms with van der Waals surface area (Å²) in [5, 5.41) is 0. The highest BCUT2D eigenvalue weighted by molar-refractivity contribution is 5.75. The molecular formula is C13H19NO2. The first kappa shape index (κ1) is 12.7. The third-order valence-electron chi connectivity index (χ3n) is 2.26. The van der Waals surface area contributed by atoms with Crippen LogP contribution >= 0.6 is 0 Å². The maximum absolute atomic E-state index is 10.5. The van der Waals surface area contributed by atoms with E-state index in [0.717, 1.165) is 31.4 Å². The van der Waals surface area contributed by atoms with Gasteiger partial charge in [-0.15, -0.1) is 0 Å².